The summed E-state index contributed by atoms with van der Waals surface area (Å²) in [6.07, 6.45) is -0.385. The van der Waals surface area contributed by atoms with E-state index in [-0.39, 0.29) is 17.7 Å². The number of esters is 1. The molecule has 0 aliphatic carbocycles. The van der Waals surface area contributed by atoms with Gasteiger partial charge in [-0.2, -0.15) is 5.26 Å². The third-order valence-electron chi connectivity index (χ3n) is 4.94. The first-order chi connectivity index (χ1) is 12.7. The van der Waals surface area contributed by atoms with E-state index < -0.39 is 17.0 Å². The normalized spacial score (nSPS) is 24.3. The van der Waals surface area contributed by atoms with Crippen LogP contribution in [-0.4, -0.2) is 60.8 Å². The number of ether oxygens (including phenoxy) is 2. The highest BCUT2D eigenvalue weighted by Crippen LogP contribution is 2.43. The molecule has 2 fully saturated rings. The summed E-state index contributed by atoms with van der Waals surface area (Å²) in [5, 5.41) is 9.85. The quantitative estimate of drug-likeness (QED) is 0.733. The van der Waals surface area contributed by atoms with Gasteiger partial charge in [-0.05, 0) is 32.9 Å². The average Bonchev–Trinajstić information content (AvgIpc) is 3.14. The summed E-state index contributed by atoms with van der Waals surface area (Å²) in [6.45, 7) is 7.30. The smallest absolute Gasteiger partial charge is 0.410 e. The molecule has 1 aromatic heterocycles. The van der Waals surface area contributed by atoms with Crippen molar-refractivity contribution in [1.29, 1.82) is 5.26 Å². The maximum Gasteiger partial charge on any atom is 0.410 e. The third-order valence-corrected chi connectivity index (χ3v) is 4.94. The van der Waals surface area contributed by atoms with Crippen molar-refractivity contribution in [3.05, 3.63) is 23.9 Å². The second kappa shape index (κ2) is 6.72. The molecule has 8 nitrogen and oxygen atoms in total. The number of likely N-dealkylation sites (tertiary alicyclic amines) is 1. The van der Waals surface area contributed by atoms with Crippen LogP contribution < -0.4 is 4.90 Å². The highest BCUT2D eigenvalue weighted by Gasteiger charge is 2.55. The number of pyridine rings is 1. The fourth-order valence-electron chi connectivity index (χ4n) is 3.68. The number of carbonyl (C=O) groups excluding carboxylic acids is 2. The van der Waals surface area contributed by atoms with Gasteiger partial charge in [-0.3, -0.25) is 0 Å². The van der Waals surface area contributed by atoms with Crippen molar-refractivity contribution in [2.45, 2.75) is 26.4 Å². The Kier molecular flexibility index (Phi) is 4.72. The van der Waals surface area contributed by atoms with Crippen LogP contribution in [0.25, 0.3) is 0 Å². The van der Waals surface area contributed by atoms with Crippen molar-refractivity contribution in [2.24, 2.45) is 11.3 Å². The first kappa shape index (κ1) is 19.0. The minimum absolute atomic E-state index is 0.00130. The van der Waals surface area contributed by atoms with E-state index in [1.165, 1.54) is 7.11 Å². The van der Waals surface area contributed by atoms with Crippen LogP contribution in [-0.2, 0) is 9.47 Å². The van der Waals surface area contributed by atoms with Crippen LogP contribution in [0.2, 0.25) is 0 Å². The van der Waals surface area contributed by atoms with Crippen molar-refractivity contribution in [3.8, 4) is 6.07 Å². The minimum atomic E-state index is -0.667. The van der Waals surface area contributed by atoms with Gasteiger partial charge in [0.25, 0.3) is 0 Å². The van der Waals surface area contributed by atoms with Gasteiger partial charge in [0.05, 0.1) is 18.6 Å². The second-order valence-electron chi connectivity index (χ2n) is 8.08. The molecule has 0 radical (unpaired) electrons. The molecule has 2 unspecified atom stereocenters. The van der Waals surface area contributed by atoms with Crippen molar-refractivity contribution >= 4 is 17.9 Å². The maximum absolute atomic E-state index is 12.4. The zero-order valence-corrected chi connectivity index (χ0v) is 16.1. The van der Waals surface area contributed by atoms with Crippen molar-refractivity contribution < 1.29 is 19.1 Å². The molecular weight excluding hydrogens is 348 g/mol. The van der Waals surface area contributed by atoms with Crippen LogP contribution in [0, 0.1) is 22.7 Å². The lowest BCUT2D eigenvalue weighted by Gasteiger charge is -2.27. The van der Waals surface area contributed by atoms with Gasteiger partial charge in [-0.1, -0.05) is 6.07 Å². The number of hydrogen-bond acceptors (Lipinski definition) is 7. The zero-order valence-electron chi connectivity index (χ0n) is 16.1. The molecule has 0 spiro atoms. The number of fused-ring (bicyclic) bond motifs is 1. The standard InChI is InChI=1S/C19H24N4O4/c1-18(2,3)27-17(25)23-9-13-8-22(11-19(13,10-20)12-23)15-7-5-6-14(21-15)16(24)26-4/h5-7,13H,8-9,11-12H2,1-4H3. The summed E-state index contributed by atoms with van der Waals surface area (Å²) in [4.78, 5) is 32.1. The van der Waals surface area contributed by atoms with Gasteiger partial charge in [0.15, 0.2) is 5.69 Å². The average molecular weight is 372 g/mol. The predicted molar refractivity (Wildman–Crippen MR) is 97.1 cm³/mol. The molecule has 144 valence electrons. The highest BCUT2D eigenvalue weighted by molar-refractivity contribution is 5.87. The number of anilines is 1. The summed E-state index contributed by atoms with van der Waals surface area (Å²) in [5.74, 6) is 0.131. The van der Waals surface area contributed by atoms with Gasteiger partial charge in [-0.25, -0.2) is 14.6 Å². The maximum atomic E-state index is 12.4. The lowest BCUT2D eigenvalue weighted by Crippen LogP contribution is -2.39. The topological polar surface area (TPSA) is 95.8 Å². The first-order valence-corrected chi connectivity index (χ1v) is 8.87. The molecular formula is C19H24N4O4. The van der Waals surface area contributed by atoms with Crippen molar-refractivity contribution in [3.63, 3.8) is 0 Å². The van der Waals surface area contributed by atoms with E-state index in [1.807, 2.05) is 31.7 Å². The van der Waals surface area contributed by atoms with E-state index in [0.29, 0.717) is 32.0 Å². The van der Waals surface area contributed by atoms with Gasteiger partial charge in [-0.15, -0.1) is 0 Å². The summed E-state index contributed by atoms with van der Waals surface area (Å²) < 4.78 is 10.2. The van der Waals surface area contributed by atoms with Crippen molar-refractivity contribution in [2.75, 3.05) is 38.2 Å². The van der Waals surface area contributed by atoms with Gasteiger partial charge in [0, 0.05) is 32.1 Å². The number of rotatable bonds is 2. The molecule has 2 atom stereocenters. The Balaban J connectivity index is 1.75. The number of nitriles is 1. The Bertz CT molecular complexity index is 798. The second-order valence-corrected chi connectivity index (χ2v) is 8.08. The van der Waals surface area contributed by atoms with Gasteiger partial charge in [0.2, 0.25) is 0 Å². The lowest BCUT2D eigenvalue weighted by atomic mass is 9.83. The Morgan fingerprint density at radius 1 is 1.30 bits per heavy atom. The van der Waals surface area contributed by atoms with E-state index in [4.69, 9.17) is 9.47 Å². The Morgan fingerprint density at radius 2 is 2.04 bits per heavy atom. The summed E-state index contributed by atoms with van der Waals surface area (Å²) in [7, 11) is 1.31. The summed E-state index contributed by atoms with van der Waals surface area (Å²) in [6, 6.07) is 7.57. The molecule has 0 bridgehead atoms. The van der Waals surface area contributed by atoms with Crippen LogP contribution in [0.1, 0.15) is 31.3 Å². The molecule has 0 aromatic carbocycles. The Labute approximate surface area is 158 Å². The third kappa shape index (κ3) is 3.68. The summed E-state index contributed by atoms with van der Waals surface area (Å²) in [5.41, 5.74) is -1.01. The van der Waals surface area contributed by atoms with Gasteiger partial charge >= 0.3 is 12.1 Å². The van der Waals surface area contributed by atoms with Crippen LogP contribution in [0.15, 0.2) is 18.2 Å². The van der Waals surface area contributed by atoms with E-state index >= 15 is 0 Å². The predicted octanol–water partition coefficient (Wildman–Crippen LogP) is 2.07. The molecule has 3 heterocycles. The fourth-order valence-corrected chi connectivity index (χ4v) is 3.68. The molecule has 8 heteroatoms. The van der Waals surface area contributed by atoms with Crippen LogP contribution in [0.4, 0.5) is 10.6 Å². The Hall–Kier alpha value is -2.82. The van der Waals surface area contributed by atoms with E-state index in [1.54, 1.807) is 17.0 Å². The number of methoxy groups -OCH3 is 1. The molecule has 1 aromatic rings. The van der Waals surface area contributed by atoms with E-state index in [2.05, 4.69) is 11.1 Å². The molecule has 2 saturated heterocycles. The monoisotopic (exact) mass is 372 g/mol. The summed E-state index contributed by atoms with van der Waals surface area (Å²) >= 11 is 0. The minimum Gasteiger partial charge on any atom is -0.464 e. The molecule has 0 saturated carbocycles. The van der Waals surface area contributed by atoms with Gasteiger partial charge < -0.3 is 19.3 Å². The number of hydrogen-bond donors (Lipinski definition) is 0. The van der Waals surface area contributed by atoms with Crippen LogP contribution in [0.3, 0.4) is 0 Å². The molecule has 2 aliphatic rings. The van der Waals surface area contributed by atoms with Crippen molar-refractivity contribution in [1.82, 2.24) is 9.88 Å². The first-order valence-electron chi connectivity index (χ1n) is 8.87. The molecule has 1 amide bonds. The highest BCUT2D eigenvalue weighted by atomic mass is 16.6. The largest absolute Gasteiger partial charge is 0.464 e. The van der Waals surface area contributed by atoms with E-state index in [9.17, 15) is 14.9 Å². The van der Waals surface area contributed by atoms with Crippen LogP contribution >= 0.6 is 0 Å². The SMILES string of the molecule is COC(=O)c1cccc(N2CC3CN(C(=O)OC(C)(C)C)CC3(C#N)C2)n1. The molecule has 27 heavy (non-hydrogen) atoms. The fraction of sp³-hybridized carbons (Fsp3) is 0.579. The molecule has 2 aliphatic heterocycles. The Morgan fingerprint density at radius 3 is 2.63 bits per heavy atom. The zero-order chi connectivity index (χ0) is 19.8. The van der Waals surface area contributed by atoms with Gasteiger partial charge in [0.1, 0.15) is 11.4 Å². The molecule has 3 rings (SSSR count). The number of carbonyl (C=O) groups is 2. The van der Waals surface area contributed by atoms with E-state index in [0.717, 1.165) is 0 Å². The molecule has 0 N–H and O–H groups in total. The number of nitrogens with zero attached hydrogens (tertiary/aromatic N) is 4. The van der Waals surface area contributed by atoms with Crippen LogP contribution in [0.5, 0.6) is 0 Å². The lowest BCUT2D eigenvalue weighted by molar-refractivity contribution is 0.0277. The number of aromatic nitrogens is 1. The number of amides is 1.